The van der Waals surface area contributed by atoms with Gasteiger partial charge in [-0.1, -0.05) is 6.07 Å². The molecule has 4 nitrogen and oxygen atoms in total. The minimum Gasteiger partial charge on any atom is -0.465 e. The molecular formula is C10H9NO3. The van der Waals surface area contributed by atoms with E-state index in [1.165, 1.54) is 6.20 Å². The average Bonchev–Trinajstić information content (AvgIpc) is 2.65. The second-order valence-corrected chi connectivity index (χ2v) is 3.09. The van der Waals surface area contributed by atoms with E-state index in [9.17, 15) is 9.59 Å². The Morgan fingerprint density at radius 1 is 1.50 bits per heavy atom. The Bertz CT molecular complexity index is 361. The maximum atomic E-state index is 11.7. The fraction of sp³-hybridized carbons (Fsp3) is 0.300. The number of carbonyl (C=O) groups excluding carboxylic acids is 2. The van der Waals surface area contributed by atoms with Gasteiger partial charge in [0.15, 0.2) is 5.78 Å². The fourth-order valence-electron chi connectivity index (χ4n) is 1.42. The number of hydrogen-bond donors (Lipinski definition) is 0. The van der Waals surface area contributed by atoms with E-state index in [1.54, 1.807) is 18.2 Å². The molecule has 1 aromatic heterocycles. The van der Waals surface area contributed by atoms with E-state index in [0.717, 1.165) is 0 Å². The zero-order valence-corrected chi connectivity index (χ0v) is 7.47. The van der Waals surface area contributed by atoms with Gasteiger partial charge in [0.05, 0.1) is 6.61 Å². The molecular weight excluding hydrogens is 182 g/mol. The summed E-state index contributed by atoms with van der Waals surface area (Å²) in [6.07, 6.45) is 2.00. The third-order valence-corrected chi connectivity index (χ3v) is 2.17. The number of nitrogens with zero attached hydrogens (tertiary/aromatic N) is 1. The predicted octanol–water partition coefficient (Wildman–Crippen LogP) is 0.827. The van der Waals surface area contributed by atoms with Crippen LogP contribution in [-0.4, -0.2) is 23.3 Å². The van der Waals surface area contributed by atoms with Crippen molar-refractivity contribution in [3.63, 3.8) is 0 Å². The van der Waals surface area contributed by atoms with Crippen molar-refractivity contribution in [2.45, 2.75) is 6.42 Å². The molecule has 1 atom stereocenters. The van der Waals surface area contributed by atoms with E-state index in [0.29, 0.717) is 18.7 Å². The molecule has 1 fully saturated rings. The van der Waals surface area contributed by atoms with Gasteiger partial charge in [-0.3, -0.25) is 14.6 Å². The fourth-order valence-corrected chi connectivity index (χ4v) is 1.42. The highest BCUT2D eigenvalue weighted by Gasteiger charge is 2.34. The number of ketones is 1. The third kappa shape index (κ3) is 1.51. The summed E-state index contributed by atoms with van der Waals surface area (Å²) in [6.45, 7) is 0.335. The number of cyclic esters (lactones) is 1. The van der Waals surface area contributed by atoms with Gasteiger partial charge in [0.25, 0.3) is 0 Å². The van der Waals surface area contributed by atoms with E-state index in [4.69, 9.17) is 4.74 Å². The molecule has 0 aromatic carbocycles. The molecule has 2 rings (SSSR count). The monoisotopic (exact) mass is 191 g/mol. The normalized spacial score (nSPS) is 20.6. The molecule has 4 heteroatoms. The quantitative estimate of drug-likeness (QED) is 0.394. The van der Waals surface area contributed by atoms with Gasteiger partial charge in [-0.05, 0) is 12.1 Å². The van der Waals surface area contributed by atoms with Gasteiger partial charge in [-0.15, -0.1) is 0 Å². The summed E-state index contributed by atoms with van der Waals surface area (Å²) in [6, 6.07) is 5.05. The number of hydrogen-bond acceptors (Lipinski definition) is 4. The number of ether oxygens (including phenoxy) is 1. The SMILES string of the molecule is O=C1OCCC1C(=O)c1ccccn1. The standard InChI is InChI=1S/C10H9NO3/c12-9(7-4-6-14-10(7)13)8-3-1-2-5-11-8/h1-3,5,7H,4,6H2. The summed E-state index contributed by atoms with van der Waals surface area (Å²) < 4.78 is 4.72. The molecule has 0 amide bonds. The molecule has 0 N–H and O–H groups in total. The Labute approximate surface area is 80.9 Å². The molecule has 72 valence electrons. The Morgan fingerprint density at radius 3 is 2.93 bits per heavy atom. The van der Waals surface area contributed by atoms with E-state index < -0.39 is 11.9 Å². The topological polar surface area (TPSA) is 56.3 Å². The second-order valence-electron chi connectivity index (χ2n) is 3.09. The van der Waals surface area contributed by atoms with Crippen molar-refractivity contribution >= 4 is 11.8 Å². The van der Waals surface area contributed by atoms with Crippen LogP contribution in [0.5, 0.6) is 0 Å². The number of rotatable bonds is 2. The van der Waals surface area contributed by atoms with Gasteiger partial charge in [-0.2, -0.15) is 0 Å². The van der Waals surface area contributed by atoms with Crippen LogP contribution in [0.15, 0.2) is 24.4 Å². The maximum Gasteiger partial charge on any atom is 0.317 e. The van der Waals surface area contributed by atoms with Crippen LogP contribution in [0.25, 0.3) is 0 Å². The zero-order valence-electron chi connectivity index (χ0n) is 7.47. The number of esters is 1. The van der Waals surface area contributed by atoms with Crippen molar-refractivity contribution in [2.75, 3.05) is 6.61 Å². The van der Waals surface area contributed by atoms with Gasteiger partial charge in [-0.25, -0.2) is 0 Å². The van der Waals surface area contributed by atoms with Crippen LogP contribution in [0.1, 0.15) is 16.9 Å². The molecule has 1 unspecified atom stereocenters. The average molecular weight is 191 g/mol. The van der Waals surface area contributed by atoms with Crippen molar-refractivity contribution in [1.29, 1.82) is 0 Å². The van der Waals surface area contributed by atoms with Gasteiger partial charge >= 0.3 is 5.97 Å². The summed E-state index contributed by atoms with van der Waals surface area (Å²) in [5, 5.41) is 0. The lowest BCUT2D eigenvalue weighted by molar-refractivity contribution is -0.140. The van der Waals surface area contributed by atoms with Crippen LogP contribution >= 0.6 is 0 Å². The molecule has 0 aliphatic carbocycles. The summed E-state index contributed by atoms with van der Waals surface area (Å²) in [5.74, 6) is -1.32. The molecule has 1 saturated heterocycles. The first-order valence-electron chi connectivity index (χ1n) is 4.41. The van der Waals surface area contributed by atoms with Crippen molar-refractivity contribution in [2.24, 2.45) is 5.92 Å². The Balaban J connectivity index is 2.20. The first-order chi connectivity index (χ1) is 6.79. The molecule has 1 aliphatic heterocycles. The number of aromatic nitrogens is 1. The van der Waals surface area contributed by atoms with E-state index >= 15 is 0 Å². The second kappa shape index (κ2) is 3.57. The predicted molar refractivity (Wildman–Crippen MR) is 47.6 cm³/mol. The minimum atomic E-state index is -0.648. The van der Waals surface area contributed by atoms with E-state index in [1.807, 2.05) is 0 Å². The highest BCUT2D eigenvalue weighted by atomic mass is 16.5. The van der Waals surface area contributed by atoms with Crippen LogP contribution in [-0.2, 0) is 9.53 Å². The van der Waals surface area contributed by atoms with Crippen LogP contribution < -0.4 is 0 Å². The van der Waals surface area contributed by atoms with Gasteiger partial charge in [0, 0.05) is 12.6 Å². The van der Waals surface area contributed by atoms with Crippen LogP contribution in [0, 0.1) is 5.92 Å². The zero-order chi connectivity index (χ0) is 9.97. The van der Waals surface area contributed by atoms with E-state index in [2.05, 4.69) is 4.98 Å². The Hall–Kier alpha value is -1.71. The molecule has 0 saturated carbocycles. The van der Waals surface area contributed by atoms with Crippen LogP contribution in [0.3, 0.4) is 0 Å². The highest BCUT2D eigenvalue weighted by molar-refractivity contribution is 6.08. The summed E-state index contributed by atoms with van der Waals surface area (Å²) in [7, 11) is 0. The van der Waals surface area contributed by atoms with E-state index in [-0.39, 0.29) is 5.78 Å². The summed E-state index contributed by atoms with van der Waals surface area (Å²) >= 11 is 0. The van der Waals surface area contributed by atoms with Gasteiger partial charge in [0.1, 0.15) is 11.6 Å². The largest absolute Gasteiger partial charge is 0.465 e. The first kappa shape index (κ1) is 8.87. The third-order valence-electron chi connectivity index (χ3n) is 2.17. The molecule has 1 aromatic rings. The van der Waals surface area contributed by atoms with Crippen molar-refractivity contribution < 1.29 is 14.3 Å². The molecule has 2 heterocycles. The first-order valence-corrected chi connectivity index (χ1v) is 4.41. The number of Topliss-reactive ketones (excluding diaryl/α,β-unsaturated/α-hetero) is 1. The maximum absolute atomic E-state index is 11.7. The van der Waals surface area contributed by atoms with Crippen molar-refractivity contribution in [1.82, 2.24) is 4.98 Å². The molecule has 0 radical (unpaired) electrons. The Morgan fingerprint density at radius 2 is 2.36 bits per heavy atom. The molecule has 0 spiro atoms. The highest BCUT2D eigenvalue weighted by Crippen LogP contribution is 2.18. The summed E-state index contributed by atoms with van der Waals surface area (Å²) in [4.78, 5) is 26.7. The number of pyridine rings is 1. The smallest absolute Gasteiger partial charge is 0.317 e. The minimum absolute atomic E-state index is 0.242. The molecule has 1 aliphatic rings. The lowest BCUT2D eigenvalue weighted by atomic mass is 10.00. The van der Waals surface area contributed by atoms with Crippen LogP contribution in [0.2, 0.25) is 0 Å². The van der Waals surface area contributed by atoms with Crippen molar-refractivity contribution in [3.8, 4) is 0 Å². The molecule has 0 bridgehead atoms. The lowest BCUT2D eigenvalue weighted by Crippen LogP contribution is -2.20. The Kier molecular flexibility index (Phi) is 2.26. The number of carbonyl (C=O) groups is 2. The lowest BCUT2D eigenvalue weighted by Gasteiger charge is -2.02. The summed E-state index contributed by atoms with van der Waals surface area (Å²) in [5.41, 5.74) is 0.330. The van der Waals surface area contributed by atoms with Crippen LogP contribution in [0.4, 0.5) is 0 Å². The molecule has 14 heavy (non-hydrogen) atoms. The van der Waals surface area contributed by atoms with Crippen molar-refractivity contribution in [3.05, 3.63) is 30.1 Å². The van der Waals surface area contributed by atoms with Gasteiger partial charge in [0.2, 0.25) is 0 Å². The van der Waals surface area contributed by atoms with Gasteiger partial charge < -0.3 is 4.74 Å².